The lowest BCUT2D eigenvalue weighted by atomic mass is 10.2. The molecule has 58 valence electrons. The summed E-state index contributed by atoms with van der Waals surface area (Å²) in [6.45, 7) is 5.31. The second-order valence-electron chi connectivity index (χ2n) is 2.92. The van der Waals surface area contributed by atoms with Gasteiger partial charge < -0.3 is 5.32 Å². The summed E-state index contributed by atoms with van der Waals surface area (Å²) >= 11 is 0. The Labute approximate surface area is 60.9 Å². The molecule has 3 N–H and O–H groups in total. The lowest BCUT2D eigenvalue weighted by Gasteiger charge is -2.34. The number of nitrogens with zero attached hydrogens (tertiary/aromatic N) is 1. The van der Waals surface area contributed by atoms with Crippen LogP contribution in [0.1, 0.15) is 6.92 Å². The molecular weight excluding hydrogens is 128 g/mol. The minimum Gasteiger partial charge on any atom is -0.310 e. The summed E-state index contributed by atoms with van der Waals surface area (Å²) < 4.78 is 0. The van der Waals surface area contributed by atoms with E-state index < -0.39 is 0 Å². The third-order valence-corrected chi connectivity index (χ3v) is 2.22. The molecule has 0 aliphatic carbocycles. The van der Waals surface area contributed by atoms with Gasteiger partial charge in [-0.05, 0) is 6.92 Å². The van der Waals surface area contributed by atoms with Gasteiger partial charge >= 0.3 is 0 Å². The van der Waals surface area contributed by atoms with Gasteiger partial charge in [-0.15, -0.1) is 0 Å². The van der Waals surface area contributed by atoms with E-state index >= 15 is 0 Å². The van der Waals surface area contributed by atoms with Gasteiger partial charge in [0.15, 0.2) is 0 Å². The van der Waals surface area contributed by atoms with E-state index in [1.165, 1.54) is 0 Å². The topological polar surface area (TPSA) is 39.3 Å². The van der Waals surface area contributed by atoms with Crippen molar-refractivity contribution in [3.8, 4) is 0 Å². The molecule has 4 nitrogen and oxygen atoms in total. The Morgan fingerprint density at radius 3 is 3.10 bits per heavy atom. The van der Waals surface area contributed by atoms with Gasteiger partial charge in [-0.3, -0.25) is 5.32 Å². The Kier molecular flexibility index (Phi) is 1.61. The maximum atomic E-state index is 3.41. The highest BCUT2D eigenvalue weighted by atomic mass is 15.6. The second-order valence-corrected chi connectivity index (χ2v) is 2.92. The minimum atomic E-state index is 0.494. The van der Waals surface area contributed by atoms with Crippen molar-refractivity contribution in [2.75, 3.05) is 19.8 Å². The third kappa shape index (κ3) is 0.932. The molecule has 2 unspecified atom stereocenters. The molecule has 2 saturated heterocycles. The van der Waals surface area contributed by atoms with Crippen molar-refractivity contribution in [3.05, 3.63) is 0 Å². The first-order valence-corrected chi connectivity index (χ1v) is 3.85. The summed E-state index contributed by atoms with van der Waals surface area (Å²) in [5, 5.41) is 9.03. The molecule has 0 amide bonds. The number of piperazine rings is 1. The molecule has 4 heteroatoms. The van der Waals surface area contributed by atoms with Gasteiger partial charge in [0, 0.05) is 19.1 Å². The molecule has 0 bridgehead atoms. The van der Waals surface area contributed by atoms with Crippen LogP contribution in [0, 0.1) is 0 Å². The molecule has 2 aliphatic heterocycles. The fraction of sp³-hybridized carbons (Fsp3) is 1.00. The average Bonchev–Trinajstić information content (AvgIpc) is 2.36. The zero-order valence-corrected chi connectivity index (χ0v) is 6.22. The van der Waals surface area contributed by atoms with Gasteiger partial charge in [-0.1, -0.05) is 0 Å². The molecule has 0 saturated carbocycles. The van der Waals surface area contributed by atoms with Crippen LogP contribution in [0.25, 0.3) is 0 Å². The fourth-order valence-electron chi connectivity index (χ4n) is 1.65. The number of hydrogen-bond donors (Lipinski definition) is 3. The summed E-state index contributed by atoms with van der Waals surface area (Å²) in [6.07, 6.45) is 0.494. The monoisotopic (exact) mass is 142 g/mol. The van der Waals surface area contributed by atoms with Crippen molar-refractivity contribution in [1.29, 1.82) is 0 Å². The summed E-state index contributed by atoms with van der Waals surface area (Å²) in [7, 11) is 0. The van der Waals surface area contributed by atoms with E-state index in [1.807, 2.05) is 0 Å². The van der Waals surface area contributed by atoms with Gasteiger partial charge in [0.05, 0.1) is 12.8 Å². The predicted octanol–water partition coefficient (Wildman–Crippen LogP) is -1.33. The molecule has 2 rings (SSSR count). The molecule has 0 radical (unpaired) electrons. The van der Waals surface area contributed by atoms with E-state index in [9.17, 15) is 0 Å². The van der Waals surface area contributed by atoms with E-state index in [-0.39, 0.29) is 0 Å². The highest BCUT2D eigenvalue weighted by Crippen LogP contribution is 2.06. The van der Waals surface area contributed by atoms with Gasteiger partial charge in [0.1, 0.15) is 0 Å². The van der Waals surface area contributed by atoms with Crippen LogP contribution in [0.3, 0.4) is 0 Å². The zero-order chi connectivity index (χ0) is 6.97. The van der Waals surface area contributed by atoms with Crippen molar-refractivity contribution >= 4 is 0 Å². The predicted molar refractivity (Wildman–Crippen MR) is 39.1 cm³/mol. The number of rotatable bonds is 0. The molecule has 0 aromatic heterocycles. The number of hydrazine groups is 1. The van der Waals surface area contributed by atoms with Crippen LogP contribution >= 0.6 is 0 Å². The summed E-state index contributed by atoms with van der Waals surface area (Å²) in [4.78, 5) is 0. The maximum absolute atomic E-state index is 3.41. The third-order valence-electron chi connectivity index (χ3n) is 2.22. The van der Waals surface area contributed by atoms with E-state index in [2.05, 4.69) is 28.0 Å². The lowest BCUT2D eigenvalue weighted by molar-refractivity contribution is 0.116. The minimum absolute atomic E-state index is 0.494. The molecule has 10 heavy (non-hydrogen) atoms. The van der Waals surface area contributed by atoms with Crippen LogP contribution in [0.2, 0.25) is 0 Å². The molecule has 2 aliphatic rings. The molecule has 2 atom stereocenters. The molecule has 2 fully saturated rings. The Hall–Kier alpha value is -0.160. The van der Waals surface area contributed by atoms with Crippen molar-refractivity contribution < 1.29 is 0 Å². The Morgan fingerprint density at radius 2 is 2.30 bits per heavy atom. The number of hydrogen-bond acceptors (Lipinski definition) is 4. The van der Waals surface area contributed by atoms with Crippen molar-refractivity contribution in [1.82, 2.24) is 21.1 Å². The highest BCUT2D eigenvalue weighted by Gasteiger charge is 2.30. The van der Waals surface area contributed by atoms with Crippen molar-refractivity contribution in [2.24, 2.45) is 0 Å². The van der Waals surface area contributed by atoms with Gasteiger partial charge in [-0.2, -0.15) is 0 Å². The average molecular weight is 142 g/mol. The van der Waals surface area contributed by atoms with Crippen LogP contribution in [0.5, 0.6) is 0 Å². The number of nitrogens with one attached hydrogen (secondary N) is 3. The van der Waals surface area contributed by atoms with Crippen molar-refractivity contribution in [2.45, 2.75) is 19.1 Å². The molecular formula is C6H14N4. The first kappa shape index (κ1) is 6.54. The highest BCUT2D eigenvalue weighted by molar-refractivity contribution is 4.85. The second kappa shape index (κ2) is 2.47. The lowest BCUT2D eigenvalue weighted by Crippen LogP contribution is -2.59. The zero-order valence-electron chi connectivity index (χ0n) is 6.22. The Bertz CT molecular complexity index is 127. The van der Waals surface area contributed by atoms with E-state index in [0.29, 0.717) is 12.2 Å². The Morgan fingerprint density at radius 1 is 1.40 bits per heavy atom. The van der Waals surface area contributed by atoms with Gasteiger partial charge in [-0.25, -0.2) is 10.4 Å². The van der Waals surface area contributed by atoms with Crippen LogP contribution < -0.4 is 16.1 Å². The normalized spacial score (nSPS) is 41.7. The largest absolute Gasteiger partial charge is 0.310 e. The van der Waals surface area contributed by atoms with E-state index in [0.717, 1.165) is 19.8 Å². The standard InChI is InChI=1S/C6H14N4/c1-5-6-8-4-9-10(6)3-2-7-5/h5-9H,2-4H2,1H3. The van der Waals surface area contributed by atoms with Gasteiger partial charge in [0.2, 0.25) is 0 Å². The smallest absolute Gasteiger partial charge is 0.0896 e. The maximum Gasteiger partial charge on any atom is 0.0896 e. The van der Waals surface area contributed by atoms with Crippen LogP contribution in [-0.2, 0) is 0 Å². The van der Waals surface area contributed by atoms with Crippen LogP contribution in [0.15, 0.2) is 0 Å². The summed E-state index contributed by atoms with van der Waals surface area (Å²) in [5.74, 6) is 0. The number of fused-ring (bicyclic) bond motifs is 1. The quantitative estimate of drug-likeness (QED) is 0.392. The Balaban J connectivity index is 2.03. The molecule has 0 aromatic rings. The summed E-state index contributed by atoms with van der Waals surface area (Å²) in [6, 6.07) is 0.559. The van der Waals surface area contributed by atoms with Crippen LogP contribution in [-0.4, -0.2) is 37.0 Å². The van der Waals surface area contributed by atoms with Gasteiger partial charge in [0.25, 0.3) is 0 Å². The molecule has 0 aromatic carbocycles. The van der Waals surface area contributed by atoms with Crippen molar-refractivity contribution in [3.63, 3.8) is 0 Å². The molecule has 0 spiro atoms. The van der Waals surface area contributed by atoms with E-state index in [4.69, 9.17) is 0 Å². The first-order valence-electron chi connectivity index (χ1n) is 3.85. The summed E-state index contributed by atoms with van der Waals surface area (Å²) in [5.41, 5.74) is 3.27. The SMILES string of the molecule is CC1NCCN2NCNC12. The fourth-order valence-corrected chi connectivity index (χ4v) is 1.65. The van der Waals surface area contributed by atoms with E-state index in [1.54, 1.807) is 0 Å². The molecule has 2 heterocycles. The first-order chi connectivity index (χ1) is 4.88. The van der Waals surface area contributed by atoms with Crippen LogP contribution in [0.4, 0.5) is 0 Å².